The minimum atomic E-state index is -2.14. The summed E-state index contributed by atoms with van der Waals surface area (Å²) in [6, 6.07) is 22.6. The summed E-state index contributed by atoms with van der Waals surface area (Å²) in [7, 11) is -2.14. The van der Waals surface area contributed by atoms with Crippen molar-refractivity contribution in [1.29, 1.82) is 0 Å². The van der Waals surface area contributed by atoms with E-state index < -0.39 is 8.07 Å². The van der Waals surface area contributed by atoms with E-state index in [1.165, 1.54) is 10.4 Å². The zero-order chi connectivity index (χ0) is 17.2. The number of amides is 1. The first-order valence-electron chi connectivity index (χ1n) is 8.48. The van der Waals surface area contributed by atoms with Crippen LogP contribution in [0.3, 0.4) is 0 Å². The molecule has 2 aromatic rings. The molecule has 24 heavy (non-hydrogen) atoms. The fraction of sp³-hybridized carbons (Fsp3) is 0.350. The molecule has 1 atom stereocenters. The van der Waals surface area contributed by atoms with Gasteiger partial charge >= 0.3 is 6.09 Å². The molecule has 1 amide bonds. The molecule has 1 saturated heterocycles. The van der Waals surface area contributed by atoms with Crippen LogP contribution < -0.4 is 15.7 Å². The maximum Gasteiger partial charge on any atom is 0.407 e. The Bertz CT molecular complexity index is 655. The molecule has 126 valence electrons. The van der Waals surface area contributed by atoms with E-state index in [0.29, 0.717) is 6.61 Å². The number of alkyl carbamates (subject to hydrolysis) is 1. The summed E-state index contributed by atoms with van der Waals surface area (Å²) in [6.45, 7) is 7.45. The third-order valence-corrected chi connectivity index (χ3v) is 11.4. The second-order valence-electron chi connectivity index (χ2n) is 7.53. The molecule has 0 bridgehead atoms. The minimum Gasteiger partial charge on any atom is -0.447 e. The molecule has 0 aromatic heterocycles. The van der Waals surface area contributed by atoms with Crippen LogP contribution in [-0.4, -0.2) is 26.8 Å². The van der Waals surface area contributed by atoms with Gasteiger partial charge in [-0.3, -0.25) is 0 Å². The molecule has 1 N–H and O–H groups in total. The van der Waals surface area contributed by atoms with Gasteiger partial charge < -0.3 is 10.1 Å². The van der Waals surface area contributed by atoms with Gasteiger partial charge in [0.2, 0.25) is 0 Å². The van der Waals surface area contributed by atoms with Gasteiger partial charge in [-0.1, -0.05) is 91.8 Å². The smallest absolute Gasteiger partial charge is 0.407 e. The normalized spacial score (nSPS) is 18.1. The van der Waals surface area contributed by atoms with Gasteiger partial charge in [-0.25, -0.2) is 4.79 Å². The number of rotatable bonds is 4. The van der Waals surface area contributed by atoms with Gasteiger partial charge in [-0.15, -0.1) is 0 Å². The average Bonchev–Trinajstić information content (AvgIpc) is 2.98. The molecule has 1 fully saturated rings. The van der Waals surface area contributed by atoms with E-state index >= 15 is 0 Å². The fourth-order valence-corrected chi connectivity index (χ4v) is 9.56. The summed E-state index contributed by atoms with van der Waals surface area (Å²) in [5, 5.41) is 5.91. The third-order valence-electron chi connectivity index (χ3n) is 5.10. The van der Waals surface area contributed by atoms with Crippen LogP contribution in [-0.2, 0) is 4.74 Å². The van der Waals surface area contributed by atoms with Crippen molar-refractivity contribution in [2.24, 2.45) is 0 Å². The van der Waals surface area contributed by atoms with E-state index in [0.717, 1.165) is 6.04 Å². The van der Waals surface area contributed by atoms with Gasteiger partial charge in [0.05, 0.1) is 6.04 Å². The van der Waals surface area contributed by atoms with E-state index in [9.17, 15) is 4.79 Å². The molecule has 0 aliphatic carbocycles. The molecule has 2 aromatic carbocycles. The van der Waals surface area contributed by atoms with Crippen molar-refractivity contribution >= 4 is 24.5 Å². The van der Waals surface area contributed by atoms with Crippen molar-refractivity contribution in [1.82, 2.24) is 5.32 Å². The summed E-state index contributed by atoms with van der Waals surface area (Å²) in [4.78, 5) is 11.5. The van der Waals surface area contributed by atoms with Crippen LogP contribution in [0.4, 0.5) is 4.79 Å². The molecule has 3 nitrogen and oxygen atoms in total. The van der Waals surface area contributed by atoms with Gasteiger partial charge in [-0.05, 0) is 11.1 Å². The van der Waals surface area contributed by atoms with Crippen LogP contribution in [0.5, 0.6) is 0 Å². The number of hydrogen-bond acceptors (Lipinski definition) is 2. The lowest BCUT2D eigenvalue weighted by molar-refractivity contribution is 0.177. The maximum atomic E-state index is 11.5. The number of hydrogen-bond donors (Lipinski definition) is 1. The van der Waals surface area contributed by atoms with Crippen LogP contribution in [0.1, 0.15) is 20.8 Å². The van der Waals surface area contributed by atoms with Gasteiger partial charge in [0.25, 0.3) is 0 Å². The first-order chi connectivity index (χ1) is 11.4. The first-order valence-corrected chi connectivity index (χ1v) is 10.7. The van der Waals surface area contributed by atoms with E-state index in [4.69, 9.17) is 4.74 Å². The highest BCUT2D eigenvalue weighted by molar-refractivity contribution is 7.04. The van der Waals surface area contributed by atoms with Crippen molar-refractivity contribution in [3.63, 3.8) is 0 Å². The first kappa shape index (κ1) is 16.8. The minimum absolute atomic E-state index is 0.0730. The molecular formula is C20H25NO2Si. The van der Waals surface area contributed by atoms with Crippen LogP contribution in [0.15, 0.2) is 60.7 Å². The largest absolute Gasteiger partial charge is 0.447 e. The van der Waals surface area contributed by atoms with Crippen molar-refractivity contribution in [3.05, 3.63) is 60.7 Å². The number of benzene rings is 2. The Morgan fingerprint density at radius 1 is 1.00 bits per heavy atom. The second kappa shape index (κ2) is 6.44. The Kier molecular flexibility index (Phi) is 4.50. The molecule has 1 heterocycles. The van der Waals surface area contributed by atoms with Crippen LogP contribution >= 0.6 is 0 Å². The predicted octanol–water partition coefficient (Wildman–Crippen LogP) is 3.16. The zero-order valence-electron chi connectivity index (χ0n) is 14.6. The van der Waals surface area contributed by atoms with Gasteiger partial charge in [-0.2, -0.15) is 0 Å². The summed E-state index contributed by atoms with van der Waals surface area (Å²) in [5.41, 5.74) is 0. The molecule has 0 saturated carbocycles. The highest BCUT2D eigenvalue weighted by Crippen LogP contribution is 2.39. The lowest BCUT2D eigenvalue weighted by Gasteiger charge is -2.45. The average molecular weight is 340 g/mol. The monoisotopic (exact) mass is 339 g/mol. The molecule has 0 unspecified atom stereocenters. The zero-order valence-corrected chi connectivity index (χ0v) is 15.6. The quantitative estimate of drug-likeness (QED) is 0.869. The number of ether oxygens (including phenoxy) is 1. The van der Waals surface area contributed by atoms with Crippen LogP contribution in [0.25, 0.3) is 0 Å². The summed E-state index contributed by atoms with van der Waals surface area (Å²) in [5.74, 6) is 0. The van der Waals surface area contributed by atoms with Crippen molar-refractivity contribution in [2.45, 2.75) is 37.9 Å². The number of cyclic esters (lactones) is 1. The molecular weight excluding hydrogens is 314 g/mol. The predicted molar refractivity (Wildman–Crippen MR) is 101 cm³/mol. The maximum absolute atomic E-state index is 11.5. The fourth-order valence-electron chi connectivity index (χ4n) is 3.93. The van der Waals surface area contributed by atoms with Gasteiger partial charge in [0.1, 0.15) is 14.7 Å². The topological polar surface area (TPSA) is 38.3 Å². The molecule has 1 aliphatic rings. The SMILES string of the molecule is CC(C)(C)[Si](C[C@@H]1COC(=O)N1)(c1ccccc1)c1ccccc1. The number of nitrogens with one attached hydrogen (secondary N) is 1. The third kappa shape index (κ3) is 2.98. The number of carbonyl (C=O) groups excluding carboxylic acids is 1. The molecule has 1 aliphatic heterocycles. The standard InChI is InChI=1S/C20H25NO2Si/c1-20(2,3)24(17-10-6-4-7-11-17,18-12-8-5-9-13-18)15-16-14-23-19(22)21-16/h4-13,16H,14-15H2,1-3H3,(H,21,22)/t16-/m0/s1. The van der Waals surface area contributed by atoms with Crippen molar-refractivity contribution in [3.8, 4) is 0 Å². The molecule has 0 spiro atoms. The van der Waals surface area contributed by atoms with Gasteiger partial charge in [0.15, 0.2) is 0 Å². The highest BCUT2D eigenvalue weighted by Gasteiger charge is 2.49. The van der Waals surface area contributed by atoms with E-state index in [1.807, 2.05) is 0 Å². The second-order valence-corrected chi connectivity index (χ2v) is 12.4. The molecule has 4 heteroatoms. The Hall–Kier alpha value is -2.07. The van der Waals surface area contributed by atoms with E-state index in [2.05, 4.69) is 86.8 Å². The Labute approximate surface area is 145 Å². The Morgan fingerprint density at radius 3 is 1.88 bits per heavy atom. The lowest BCUT2D eigenvalue weighted by atomic mass is 10.2. The summed E-state index contributed by atoms with van der Waals surface area (Å²) < 4.78 is 5.17. The summed E-state index contributed by atoms with van der Waals surface area (Å²) >= 11 is 0. The van der Waals surface area contributed by atoms with E-state index in [1.54, 1.807) is 0 Å². The Morgan fingerprint density at radius 2 is 1.50 bits per heavy atom. The van der Waals surface area contributed by atoms with Crippen molar-refractivity contribution in [2.75, 3.05) is 6.61 Å². The van der Waals surface area contributed by atoms with Crippen molar-refractivity contribution < 1.29 is 9.53 Å². The Balaban J connectivity index is 2.15. The molecule has 0 radical (unpaired) electrons. The molecule has 3 rings (SSSR count). The summed E-state index contributed by atoms with van der Waals surface area (Å²) in [6.07, 6.45) is -0.294. The van der Waals surface area contributed by atoms with Gasteiger partial charge in [0, 0.05) is 0 Å². The van der Waals surface area contributed by atoms with E-state index in [-0.39, 0.29) is 17.2 Å². The highest BCUT2D eigenvalue weighted by atomic mass is 28.3. The lowest BCUT2D eigenvalue weighted by Crippen LogP contribution is -2.66. The van der Waals surface area contributed by atoms with Crippen LogP contribution in [0, 0.1) is 0 Å². The number of carbonyl (C=O) groups is 1. The van der Waals surface area contributed by atoms with Crippen LogP contribution in [0.2, 0.25) is 11.1 Å².